The molecule has 2 aromatic rings. The summed E-state index contributed by atoms with van der Waals surface area (Å²) in [5.74, 6) is 0.131. The summed E-state index contributed by atoms with van der Waals surface area (Å²) in [6.45, 7) is 5.44. The Labute approximate surface area is 175 Å². The number of anilines is 1. The Balaban J connectivity index is 1.60. The first-order chi connectivity index (χ1) is 14.0. The van der Waals surface area contributed by atoms with Crippen LogP contribution in [0.15, 0.2) is 41.8 Å². The molecule has 3 amide bonds. The van der Waals surface area contributed by atoms with Crippen molar-refractivity contribution >= 4 is 34.7 Å². The highest BCUT2D eigenvalue weighted by Crippen LogP contribution is 2.22. The van der Waals surface area contributed by atoms with E-state index in [1.807, 2.05) is 11.4 Å². The van der Waals surface area contributed by atoms with Crippen molar-refractivity contribution in [2.24, 2.45) is 5.92 Å². The molecule has 0 aliphatic carbocycles. The van der Waals surface area contributed by atoms with Crippen LogP contribution in [0.4, 0.5) is 5.69 Å². The number of hydrogen-bond acceptors (Lipinski definition) is 4. The molecule has 6 nitrogen and oxygen atoms in total. The van der Waals surface area contributed by atoms with Gasteiger partial charge in [0.05, 0.1) is 4.88 Å². The van der Waals surface area contributed by atoms with Crippen LogP contribution in [0.3, 0.4) is 0 Å². The van der Waals surface area contributed by atoms with E-state index < -0.39 is 6.04 Å². The molecule has 2 N–H and O–H groups in total. The zero-order valence-electron chi connectivity index (χ0n) is 16.8. The highest BCUT2D eigenvalue weighted by Gasteiger charge is 2.34. The first-order valence-electron chi connectivity index (χ1n) is 9.99. The van der Waals surface area contributed by atoms with Crippen LogP contribution < -0.4 is 10.6 Å². The normalized spacial score (nSPS) is 16.1. The lowest BCUT2D eigenvalue weighted by Crippen LogP contribution is -2.46. The van der Waals surface area contributed by atoms with Crippen LogP contribution >= 0.6 is 11.3 Å². The molecule has 1 aromatic heterocycles. The third-order valence-electron chi connectivity index (χ3n) is 4.97. The van der Waals surface area contributed by atoms with Crippen molar-refractivity contribution in [3.8, 4) is 0 Å². The molecule has 1 saturated heterocycles. The summed E-state index contributed by atoms with van der Waals surface area (Å²) in [7, 11) is 0. The number of carbonyl (C=O) groups excluding carboxylic acids is 3. The van der Waals surface area contributed by atoms with Crippen molar-refractivity contribution in [1.82, 2.24) is 10.2 Å². The molecule has 1 aliphatic heterocycles. The van der Waals surface area contributed by atoms with E-state index in [1.54, 1.807) is 35.2 Å². The van der Waals surface area contributed by atoms with Crippen LogP contribution in [0.5, 0.6) is 0 Å². The predicted octanol–water partition coefficient (Wildman–Crippen LogP) is 3.77. The van der Waals surface area contributed by atoms with Gasteiger partial charge in [0, 0.05) is 24.3 Å². The topological polar surface area (TPSA) is 78.5 Å². The van der Waals surface area contributed by atoms with Gasteiger partial charge in [-0.3, -0.25) is 14.4 Å². The van der Waals surface area contributed by atoms with Gasteiger partial charge in [-0.1, -0.05) is 19.9 Å². The summed E-state index contributed by atoms with van der Waals surface area (Å²) in [5, 5.41) is 7.63. The quantitative estimate of drug-likeness (QED) is 0.725. The van der Waals surface area contributed by atoms with Crippen molar-refractivity contribution in [2.75, 3.05) is 18.4 Å². The summed E-state index contributed by atoms with van der Waals surface area (Å²) in [6, 6.07) is 9.99. The van der Waals surface area contributed by atoms with E-state index in [4.69, 9.17) is 0 Å². The molecular formula is C22H27N3O3S. The molecule has 7 heteroatoms. The Kier molecular flexibility index (Phi) is 7.04. The lowest BCUT2D eigenvalue weighted by Gasteiger charge is -2.24. The number of benzene rings is 1. The van der Waals surface area contributed by atoms with E-state index in [0.717, 1.165) is 12.8 Å². The average molecular weight is 414 g/mol. The van der Waals surface area contributed by atoms with Gasteiger partial charge in [0.15, 0.2) is 0 Å². The number of nitrogens with one attached hydrogen (secondary N) is 2. The zero-order chi connectivity index (χ0) is 20.8. The molecule has 0 bridgehead atoms. The Morgan fingerprint density at radius 3 is 2.59 bits per heavy atom. The summed E-state index contributed by atoms with van der Waals surface area (Å²) in [4.78, 5) is 39.9. The van der Waals surface area contributed by atoms with Crippen LogP contribution in [0.2, 0.25) is 0 Å². The maximum Gasteiger partial charge on any atom is 0.265 e. The molecule has 1 aromatic carbocycles. The van der Waals surface area contributed by atoms with Gasteiger partial charge in [-0.05, 0) is 60.9 Å². The molecule has 3 rings (SSSR count). The number of rotatable bonds is 7. The zero-order valence-corrected chi connectivity index (χ0v) is 17.6. The highest BCUT2D eigenvalue weighted by atomic mass is 32.1. The molecule has 0 unspecified atom stereocenters. The average Bonchev–Trinajstić information content (AvgIpc) is 3.39. The molecule has 1 aliphatic rings. The SMILES string of the molecule is CC(C)CCNC(=O)[C@@H]1CCCN1C(=O)c1ccc(NC(=O)c2cccs2)cc1. The van der Waals surface area contributed by atoms with E-state index in [0.29, 0.717) is 41.6 Å². The van der Waals surface area contributed by atoms with Crippen molar-refractivity contribution in [3.63, 3.8) is 0 Å². The Bertz CT molecular complexity index is 847. The van der Waals surface area contributed by atoms with Crippen LogP contribution in [-0.4, -0.2) is 41.8 Å². The molecule has 154 valence electrons. The van der Waals surface area contributed by atoms with Gasteiger partial charge >= 0.3 is 0 Å². The molecule has 1 atom stereocenters. The second kappa shape index (κ2) is 9.69. The van der Waals surface area contributed by atoms with Crippen molar-refractivity contribution in [1.29, 1.82) is 0 Å². The fourth-order valence-corrected chi connectivity index (χ4v) is 3.97. The van der Waals surface area contributed by atoms with Gasteiger partial charge in [-0.2, -0.15) is 0 Å². The van der Waals surface area contributed by atoms with Gasteiger partial charge in [-0.25, -0.2) is 0 Å². The van der Waals surface area contributed by atoms with Gasteiger partial charge in [-0.15, -0.1) is 11.3 Å². The Morgan fingerprint density at radius 1 is 1.17 bits per heavy atom. The lowest BCUT2D eigenvalue weighted by molar-refractivity contribution is -0.124. The monoisotopic (exact) mass is 413 g/mol. The predicted molar refractivity (Wildman–Crippen MR) is 115 cm³/mol. The molecule has 0 radical (unpaired) electrons. The van der Waals surface area contributed by atoms with E-state index in [2.05, 4.69) is 24.5 Å². The minimum Gasteiger partial charge on any atom is -0.354 e. The van der Waals surface area contributed by atoms with Gasteiger partial charge in [0.2, 0.25) is 5.91 Å². The molecule has 0 spiro atoms. The largest absolute Gasteiger partial charge is 0.354 e. The summed E-state index contributed by atoms with van der Waals surface area (Å²) >= 11 is 1.37. The van der Waals surface area contributed by atoms with Crippen molar-refractivity contribution in [2.45, 2.75) is 39.2 Å². The summed E-state index contributed by atoms with van der Waals surface area (Å²) in [6.07, 6.45) is 2.43. The van der Waals surface area contributed by atoms with E-state index in [9.17, 15) is 14.4 Å². The number of carbonyl (C=O) groups is 3. The number of hydrogen-bond donors (Lipinski definition) is 2. The second-order valence-corrected chi connectivity index (χ2v) is 8.59. The van der Waals surface area contributed by atoms with Crippen LogP contribution in [0.1, 0.15) is 53.1 Å². The highest BCUT2D eigenvalue weighted by molar-refractivity contribution is 7.12. The molecule has 0 saturated carbocycles. The van der Waals surface area contributed by atoms with Crippen molar-refractivity contribution in [3.05, 3.63) is 52.2 Å². The van der Waals surface area contributed by atoms with Crippen LogP contribution in [0.25, 0.3) is 0 Å². The fraction of sp³-hybridized carbons (Fsp3) is 0.409. The van der Waals surface area contributed by atoms with Crippen LogP contribution in [-0.2, 0) is 4.79 Å². The Hall–Kier alpha value is -2.67. The summed E-state index contributed by atoms with van der Waals surface area (Å²) in [5.41, 5.74) is 1.14. The number of amides is 3. The number of thiophene rings is 1. The molecular weight excluding hydrogens is 386 g/mol. The third kappa shape index (κ3) is 5.44. The van der Waals surface area contributed by atoms with Crippen LogP contribution in [0, 0.1) is 5.92 Å². The summed E-state index contributed by atoms with van der Waals surface area (Å²) < 4.78 is 0. The lowest BCUT2D eigenvalue weighted by atomic mass is 10.1. The first-order valence-corrected chi connectivity index (χ1v) is 10.9. The van der Waals surface area contributed by atoms with E-state index in [1.165, 1.54) is 11.3 Å². The van der Waals surface area contributed by atoms with Gasteiger partial charge in [0.25, 0.3) is 11.8 Å². The third-order valence-corrected chi connectivity index (χ3v) is 5.84. The minimum absolute atomic E-state index is 0.0728. The molecule has 2 heterocycles. The molecule has 1 fully saturated rings. The van der Waals surface area contributed by atoms with Gasteiger partial charge < -0.3 is 15.5 Å². The maximum absolute atomic E-state index is 12.9. The standard InChI is InChI=1S/C22H27N3O3S/c1-15(2)11-12-23-20(26)18-5-3-13-25(18)22(28)16-7-9-17(10-8-16)24-21(27)19-6-4-14-29-19/h4,6-10,14-15,18H,3,5,11-13H2,1-2H3,(H,23,26)(H,24,27)/t18-/m0/s1. The van der Waals surface area contributed by atoms with E-state index >= 15 is 0 Å². The van der Waals surface area contributed by atoms with Gasteiger partial charge in [0.1, 0.15) is 6.04 Å². The molecule has 29 heavy (non-hydrogen) atoms. The Morgan fingerprint density at radius 2 is 1.93 bits per heavy atom. The number of nitrogens with zero attached hydrogens (tertiary/aromatic N) is 1. The number of likely N-dealkylation sites (tertiary alicyclic amines) is 1. The van der Waals surface area contributed by atoms with E-state index in [-0.39, 0.29) is 17.7 Å². The first kappa shape index (κ1) is 21.0. The fourth-order valence-electron chi connectivity index (χ4n) is 3.35. The second-order valence-electron chi connectivity index (χ2n) is 7.64. The maximum atomic E-state index is 12.9. The van der Waals surface area contributed by atoms with Crippen molar-refractivity contribution < 1.29 is 14.4 Å². The smallest absolute Gasteiger partial charge is 0.265 e. The minimum atomic E-state index is -0.409.